The minimum Gasteiger partial charge on any atom is -0.294 e. The van der Waals surface area contributed by atoms with Crippen LogP contribution in [-0.2, 0) is 13.5 Å². The second-order valence-corrected chi connectivity index (χ2v) is 6.58. The fourth-order valence-electron chi connectivity index (χ4n) is 2.23. The molecule has 0 spiro atoms. The Morgan fingerprint density at radius 2 is 1.70 bits per heavy atom. The van der Waals surface area contributed by atoms with Crippen molar-refractivity contribution < 1.29 is 4.79 Å². The highest BCUT2D eigenvalue weighted by Gasteiger charge is 2.16. The van der Waals surface area contributed by atoms with Crippen molar-refractivity contribution in [3.05, 3.63) is 49.2 Å². The first-order valence-corrected chi connectivity index (χ1v) is 7.87. The van der Waals surface area contributed by atoms with Crippen molar-refractivity contribution in [3.8, 4) is 0 Å². The summed E-state index contributed by atoms with van der Waals surface area (Å²) < 4.78 is 3.74. The van der Waals surface area contributed by atoms with Crippen LogP contribution in [0.25, 0.3) is 0 Å². The number of rotatable bonds is 3. The lowest BCUT2D eigenvalue weighted by molar-refractivity contribution is 0.0990. The first-order valence-electron chi connectivity index (χ1n) is 6.29. The van der Waals surface area contributed by atoms with Gasteiger partial charge < -0.3 is 0 Å². The number of nitrogens with zero attached hydrogens (tertiary/aromatic N) is 2. The van der Waals surface area contributed by atoms with Crippen LogP contribution >= 0.6 is 31.9 Å². The molecule has 20 heavy (non-hydrogen) atoms. The SMILES string of the molecule is Cc1cc(C(=O)Cc2c(Br)c(C)nn2C)cc(C)c1Br. The average molecular weight is 400 g/mol. The summed E-state index contributed by atoms with van der Waals surface area (Å²) in [5.41, 5.74) is 4.71. The molecule has 0 atom stereocenters. The van der Waals surface area contributed by atoms with Gasteiger partial charge in [0.2, 0.25) is 0 Å². The number of hydrogen-bond acceptors (Lipinski definition) is 2. The molecule has 2 rings (SSSR count). The van der Waals surface area contributed by atoms with Crippen molar-refractivity contribution in [3.63, 3.8) is 0 Å². The molecule has 0 saturated carbocycles. The lowest BCUT2D eigenvalue weighted by Crippen LogP contribution is -2.09. The lowest BCUT2D eigenvalue weighted by atomic mass is 10.0. The molecule has 106 valence electrons. The van der Waals surface area contributed by atoms with Crippen LogP contribution in [0.5, 0.6) is 0 Å². The molecular formula is C15H16Br2N2O. The number of Topliss-reactive ketones (excluding diaryl/α,β-unsaturated/α-hetero) is 1. The first-order chi connectivity index (χ1) is 9.31. The van der Waals surface area contributed by atoms with Crippen molar-refractivity contribution in [1.29, 1.82) is 0 Å². The van der Waals surface area contributed by atoms with Gasteiger partial charge >= 0.3 is 0 Å². The number of benzene rings is 1. The summed E-state index contributed by atoms with van der Waals surface area (Å²) >= 11 is 7.02. The van der Waals surface area contributed by atoms with Gasteiger partial charge in [-0.1, -0.05) is 15.9 Å². The van der Waals surface area contributed by atoms with Crippen LogP contribution in [0.15, 0.2) is 21.1 Å². The number of hydrogen-bond donors (Lipinski definition) is 0. The average Bonchev–Trinajstić information content (AvgIpc) is 2.62. The fraction of sp³-hybridized carbons (Fsp3) is 0.333. The summed E-state index contributed by atoms with van der Waals surface area (Å²) in [6, 6.07) is 3.85. The molecule has 0 fully saturated rings. The summed E-state index contributed by atoms with van der Waals surface area (Å²) in [5.74, 6) is 0.104. The van der Waals surface area contributed by atoms with Gasteiger partial charge in [0.05, 0.1) is 22.3 Å². The molecule has 1 aromatic heterocycles. The second kappa shape index (κ2) is 5.82. The zero-order chi connectivity index (χ0) is 15.0. The van der Waals surface area contributed by atoms with E-state index in [9.17, 15) is 4.79 Å². The molecule has 0 unspecified atom stereocenters. The number of halogens is 2. The molecule has 0 radical (unpaired) electrons. The Bertz CT molecular complexity index is 666. The Labute approximate surface area is 135 Å². The molecule has 5 heteroatoms. The maximum atomic E-state index is 12.5. The van der Waals surface area contributed by atoms with Crippen LogP contribution in [-0.4, -0.2) is 15.6 Å². The highest BCUT2D eigenvalue weighted by atomic mass is 79.9. The largest absolute Gasteiger partial charge is 0.294 e. The molecule has 0 aliphatic heterocycles. The van der Waals surface area contributed by atoms with Gasteiger partial charge in [-0.25, -0.2) is 0 Å². The van der Waals surface area contributed by atoms with Crippen LogP contribution in [0.4, 0.5) is 0 Å². The second-order valence-electron chi connectivity index (χ2n) is 4.99. The Kier molecular flexibility index (Phi) is 4.49. The predicted octanol–water partition coefficient (Wildman–Crippen LogP) is 4.30. The minimum atomic E-state index is 0.104. The molecule has 1 heterocycles. The summed E-state index contributed by atoms with van der Waals surface area (Å²) in [7, 11) is 1.86. The third-order valence-electron chi connectivity index (χ3n) is 3.35. The van der Waals surface area contributed by atoms with Crippen LogP contribution in [0.2, 0.25) is 0 Å². The van der Waals surface area contributed by atoms with Crippen molar-refractivity contribution >= 4 is 37.6 Å². The van der Waals surface area contributed by atoms with Crippen molar-refractivity contribution in [1.82, 2.24) is 9.78 Å². The number of carbonyl (C=O) groups is 1. The fourth-order valence-corrected chi connectivity index (χ4v) is 2.94. The Balaban J connectivity index is 2.33. The van der Waals surface area contributed by atoms with Crippen LogP contribution in [0, 0.1) is 20.8 Å². The van der Waals surface area contributed by atoms with E-state index < -0.39 is 0 Å². The Morgan fingerprint density at radius 3 is 2.15 bits per heavy atom. The third kappa shape index (κ3) is 2.88. The molecule has 2 aromatic rings. The zero-order valence-corrected chi connectivity index (χ0v) is 15.1. The van der Waals surface area contributed by atoms with Crippen LogP contribution in [0.1, 0.15) is 32.9 Å². The topological polar surface area (TPSA) is 34.9 Å². The highest BCUT2D eigenvalue weighted by Crippen LogP contribution is 2.25. The van der Waals surface area contributed by atoms with Gasteiger partial charge in [-0.05, 0) is 60.0 Å². The van der Waals surface area contributed by atoms with E-state index in [1.807, 2.05) is 40.0 Å². The molecule has 0 aliphatic carbocycles. The zero-order valence-electron chi connectivity index (χ0n) is 11.9. The van der Waals surface area contributed by atoms with Crippen LogP contribution < -0.4 is 0 Å². The Morgan fingerprint density at radius 1 is 1.15 bits per heavy atom. The summed E-state index contributed by atoms with van der Waals surface area (Å²) in [6.45, 7) is 5.92. The van der Waals surface area contributed by atoms with Crippen molar-refractivity contribution in [2.75, 3.05) is 0 Å². The van der Waals surface area contributed by atoms with E-state index in [0.29, 0.717) is 6.42 Å². The predicted molar refractivity (Wildman–Crippen MR) is 87.3 cm³/mol. The molecule has 0 saturated heterocycles. The van der Waals surface area contributed by atoms with E-state index in [1.54, 1.807) is 4.68 Å². The van der Waals surface area contributed by atoms with Crippen molar-refractivity contribution in [2.45, 2.75) is 27.2 Å². The summed E-state index contributed by atoms with van der Waals surface area (Å²) in [6.07, 6.45) is 0.346. The molecule has 3 nitrogen and oxygen atoms in total. The maximum absolute atomic E-state index is 12.5. The monoisotopic (exact) mass is 398 g/mol. The van der Waals surface area contributed by atoms with E-state index >= 15 is 0 Å². The maximum Gasteiger partial charge on any atom is 0.168 e. The van der Waals surface area contributed by atoms with E-state index in [1.165, 1.54) is 0 Å². The first kappa shape index (κ1) is 15.4. The van der Waals surface area contributed by atoms with Crippen molar-refractivity contribution in [2.24, 2.45) is 7.05 Å². The van der Waals surface area contributed by atoms with Gasteiger partial charge in [0.1, 0.15) is 0 Å². The number of carbonyl (C=O) groups excluding carboxylic acids is 1. The minimum absolute atomic E-state index is 0.104. The quantitative estimate of drug-likeness (QED) is 0.721. The Hall–Kier alpha value is -0.940. The molecule has 0 amide bonds. The van der Waals surface area contributed by atoms with Gasteiger partial charge in [0, 0.05) is 17.1 Å². The number of aromatic nitrogens is 2. The summed E-state index contributed by atoms with van der Waals surface area (Å²) in [4.78, 5) is 12.5. The van der Waals surface area contributed by atoms with E-state index in [0.717, 1.165) is 37.0 Å². The lowest BCUT2D eigenvalue weighted by Gasteiger charge is -2.08. The summed E-state index contributed by atoms with van der Waals surface area (Å²) in [5, 5.41) is 4.32. The standard InChI is InChI=1S/C15H16Br2N2O/c1-8-5-11(6-9(2)14(8)16)13(20)7-12-15(17)10(3)18-19(12)4/h5-6H,7H2,1-4H3. The molecule has 0 bridgehead atoms. The number of aryl methyl sites for hydroxylation is 4. The highest BCUT2D eigenvalue weighted by molar-refractivity contribution is 9.10. The van der Waals surface area contributed by atoms with Crippen LogP contribution in [0.3, 0.4) is 0 Å². The normalized spacial score (nSPS) is 10.9. The third-order valence-corrected chi connectivity index (χ3v) is 5.63. The van der Waals surface area contributed by atoms with E-state index in [4.69, 9.17) is 0 Å². The van der Waals surface area contributed by atoms with E-state index in [2.05, 4.69) is 37.0 Å². The van der Waals surface area contributed by atoms with E-state index in [-0.39, 0.29) is 5.78 Å². The molecule has 0 aliphatic rings. The van der Waals surface area contributed by atoms with Gasteiger partial charge in [-0.2, -0.15) is 5.10 Å². The molecule has 1 aromatic carbocycles. The van der Waals surface area contributed by atoms with Gasteiger partial charge in [-0.15, -0.1) is 0 Å². The van der Waals surface area contributed by atoms with Gasteiger partial charge in [-0.3, -0.25) is 9.48 Å². The van der Waals surface area contributed by atoms with Gasteiger partial charge in [0.25, 0.3) is 0 Å². The smallest absolute Gasteiger partial charge is 0.168 e. The molecular weight excluding hydrogens is 384 g/mol. The molecule has 0 N–H and O–H groups in total. The van der Waals surface area contributed by atoms with Gasteiger partial charge in [0.15, 0.2) is 5.78 Å². The number of ketones is 1.